The normalized spacial score (nSPS) is 12.2. The molecule has 3 nitrogen and oxygen atoms in total. The Morgan fingerprint density at radius 2 is 2.50 bits per heavy atom. The van der Waals surface area contributed by atoms with Gasteiger partial charge in [-0.2, -0.15) is 0 Å². The van der Waals surface area contributed by atoms with Crippen molar-refractivity contribution in [2.45, 2.75) is 13.3 Å². The third kappa shape index (κ3) is 3.22. The van der Waals surface area contributed by atoms with Crippen LogP contribution in [0.1, 0.15) is 13.3 Å². The second-order valence-electron chi connectivity index (χ2n) is 2.01. The van der Waals surface area contributed by atoms with Crippen molar-refractivity contribution < 1.29 is 9.53 Å². The lowest BCUT2D eigenvalue weighted by atomic mass is 10.1. The first-order valence-electron chi connectivity index (χ1n) is 3.17. The van der Waals surface area contributed by atoms with Crippen molar-refractivity contribution in [3.8, 4) is 0 Å². The Bertz CT molecular complexity index is 123. The number of carbonyl (C=O) groups is 1. The molecule has 0 rings (SSSR count). The van der Waals surface area contributed by atoms with Crippen molar-refractivity contribution in [1.29, 1.82) is 5.41 Å². The van der Waals surface area contributed by atoms with Gasteiger partial charge in [0.25, 0.3) is 0 Å². The SMILES string of the molecule is [CH2]COC(=O)C(C)CC=N. The highest BCUT2D eigenvalue weighted by Gasteiger charge is 2.11. The van der Waals surface area contributed by atoms with Crippen molar-refractivity contribution >= 4 is 12.2 Å². The van der Waals surface area contributed by atoms with Gasteiger partial charge in [0.1, 0.15) is 0 Å². The van der Waals surface area contributed by atoms with Crippen molar-refractivity contribution in [2.75, 3.05) is 6.61 Å². The van der Waals surface area contributed by atoms with Crippen LogP contribution >= 0.6 is 0 Å². The molecule has 0 amide bonds. The van der Waals surface area contributed by atoms with Crippen LogP contribution in [-0.4, -0.2) is 18.8 Å². The maximum absolute atomic E-state index is 10.8. The third-order valence-electron chi connectivity index (χ3n) is 1.12. The molecule has 0 aromatic rings. The van der Waals surface area contributed by atoms with Crippen LogP contribution in [0.3, 0.4) is 0 Å². The minimum absolute atomic E-state index is 0.168. The molecule has 0 aliphatic rings. The summed E-state index contributed by atoms with van der Waals surface area (Å²) in [7, 11) is 0. The van der Waals surface area contributed by atoms with Crippen LogP contribution in [0, 0.1) is 18.3 Å². The topological polar surface area (TPSA) is 50.2 Å². The molecular weight excluding hydrogens is 130 g/mol. The average molecular weight is 142 g/mol. The highest BCUT2D eigenvalue weighted by molar-refractivity contribution is 5.75. The predicted octanol–water partition coefficient (Wildman–Crippen LogP) is 1.04. The first kappa shape index (κ1) is 9.14. The molecular formula is C7H12NO2. The molecule has 0 aliphatic carbocycles. The fraction of sp³-hybridized carbons (Fsp3) is 0.571. The summed E-state index contributed by atoms with van der Waals surface area (Å²) in [5.41, 5.74) is 0. The van der Waals surface area contributed by atoms with E-state index in [2.05, 4.69) is 11.7 Å². The van der Waals surface area contributed by atoms with Gasteiger partial charge in [0.05, 0.1) is 12.5 Å². The number of rotatable bonds is 4. The molecule has 57 valence electrons. The Hall–Kier alpha value is -0.860. The summed E-state index contributed by atoms with van der Waals surface area (Å²) in [6.45, 7) is 5.26. The highest BCUT2D eigenvalue weighted by Crippen LogP contribution is 2.01. The molecule has 0 saturated heterocycles. The van der Waals surface area contributed by atoms with Gasteiger partial charge < -0.3 is 10.1 Å². The first-order valence-corrected chi connectivity index (χ1v) is 3.17. The molecule has 0 bridgehead atoms. The van der Waals surface area contributed by atoms with Crippen LogP contribution in [0.25, 0.3) is 0 Å². The van der Waals surface area contributed by atoms with E-state index in [0.717, 1.165) is 0 Å². The van der Waals surface area contributed by atoms with Crippen LogP contribution in [0.4, 0.5) is 0 Å². The van der Waals surface area contributed by atoms with E-state index in [1.807, 2.05) is 0 Å². The number of nitrogens with one attached hydrogen (secondary N) is 1. The fourth-order valence-electron chi connectivity index (χ4n) is 0.516. The maximum atomic E-state index is 10.8. The molecule has 1 unspecified atom stereocenters. The van der Waals surface area contributed by atoms with Crippen molar-refractivity contribution in [1.82, 2.24) is 0 Å². The maximum Gasteiger partial charge on any atom is 0.309 e. The van der Waals surface area contributed by atoms with Gasteiger partial charge in [-0.25, -0.2) is 0 Å². The van der Waals surface area contributed by atoms with Gasteiger partial charge in [0.15, 0.2) is 0 Å². The summed E-state index contributed by atoms with van der Waals surface area (Å²) in [5, 5.41) is 6.71. The van der Waals surface area contributed by atoms with E-state index in [9.17, 15) is 4.79 Å². The molecule has 0 saturated carbocycles. The van der Waals surface area contributed by atoms with Gasteiger partial charge >= 0.3 is 5.97 Å². The Morgan fingerprint density at radius 3 is 2.90 bits per heavy atom. The smallest absolute Gasteiger partial charge is 0.309 e. The van der Waals surface area contributed by atoms with Crippen LogP contribution in [0.15, 0.2) is 0 Å². The van der Waals surface area contributed by atoms with E-state index >= 15 is 0 Å². The van der Waals surface area contributed by atoms with E-state index in [4.69, 9.17) is 5.41 Å². The monoisotopic (exact) mass is 142 g/mol. The summed E-state index contributed by atoms with van der Waals surface area (Å²) in [4.78, 5) is 10.8. The number of hydrogen-bond acceptors (Lipinski definition) is 3. The molecule has 0 heterocycles. The van der Waals surface area contributed by atoms with E-state index in [1.165, 1.54) is 6.21 Å². The second kappa shape index (κ2) is 4.97. The summed E-state index contributed by atoms with van der Waals surface area (Å²) in [5.74, 6) is -0.488. The standard InChI is InChI=1S/C7H12NO2/c1-3-10-7(9)6(2)4-5-8/h5-6,8H,1,3-4H2,2H3. The highest BCUT2D eigenvalue weighted by atomic mass is 16.5. The van der Waals surface area contributed by atoms with E-state index in [1.54, 1.807) is 6.92 Å². The lowest BCUT2D eigenvalue weighted by Crippen LogP contribution is -2.14. The lowest BCUT2D eigenvalue weighted by Gasteiger charge is -2.05. The summed E-state index contributed by atoms with van der Waals surface area (Å²) in [6.07, 6.45) is 1.65. The van der Waals surface area contributed by atoms with Gasteiger partial charge in [-0.3, -0.25) is 4.79 Å². The fourth-order valence-corrected chi connectivity index (χ4v) is 0.516. The largest absolute Gasteiger partial charge is 0.465 e. The molecule has 10 heavy (non-hydrogen) atoms. The minimum atomic E-state index is -0.279. The number of hydrogen-bond donors (Lipinski definition) is 1. The van der Waals surface area contributed by atoms with Gasteiger partial charge in [-0.1, -0.05) is 6.92 Å². The van der Waals surface area contributed by atoms with Gasteiger partial charge in [-0.15, -0.1) is 0 Å². The van der Waals surface area contributed by atoms with Crippen LogP contribution in [-0.2, 0) is 9.53 Å². The van der Waals surface area contributed by atoms with Crippen molar-refractivity contribution in [2.24, 2.45) is 5.92 Å². The Kier molecular flexibility index (Phi) is 4.54. The molecule has 3 heteroatoms. The van der Waals surface area contributed by atoms with E-state index in [-0.39, 0.29) is 18.5 Å². The van der Waals surface area contributed by atoms with E-state index in [0.29, 0.717) is 6.42 Å². The Balaban J connectivity index is 3.58. The van der Waals surface area contributed by atoms with Crippen molar-refractivity contribution in [3.05, 3.63) is 6.92 Å². The molecule has 1 atom stereocenters. The molecule has 0 spiro atoms. The summed E-state index contributed by atoms with van der Waals surface area (Å²) in [6, 6.07) is 0. The second-order valence-corrected chi connectivity index (χ2v) is 2.01. The number of esters is 1. The summed E-state index contributed by atoms with van der Waals surface area (Å²) >= 11 is 0. The zero-order valence-corrected chi connectivity index (χ0v) is 6.09. The minimum Gasteiger partial charge on any atom is -0.465 e. The third-order valence-corrected chi connectivity index (χ3v) is 1.12. The number of carbonyl (C=O) groups excluding carboxylic acids is 1. The van der Waals surface area contributed by atoms with Crippen LogP contribution < -0.4 is 0 Å². The zero-order valence-electron chi connectivity index (χ0n) is 6.09. The molecule has 0 aliphatic heterocycles. The molecule has 0 aromatic heterocycles. The van der Waals surface area contributed by atoms with Crippen LogP contribution in [0.2, 0.25) is 0 Å². The Labute approximate surface area is 60.9 Å². The molecule has 1 radical (unpaired) electrons. The molecule has 0 aromatic carbocycles. The average Bonchev–Trinajstić information content (AvgIpc) is 1.89. The zero-order chi connectivity index (χ0) is 7.98. The molecule has 1 N–H and O–H groups in total. The van der Waals surface area contributed by atoms with Gasteiger partial charge in [-0.05, 0) is 19.6 Å². The quantitative estimate of drug-likeness (QED) is 0.471. The first-order chi connectivity index (χ1) is 4.72. The van der Waals surface area contributed by atoms with Gasteiger partial charge in [0, 0.05) is 0 Å². The van der Waals surface area contributed by atoms with Gasteiger partial charge in [0.2, 0.25) is 0 Å². The Morgan fingerprint density at radius 1 is 1.90 bits per heavy atom. The van der Waals surface area contributed by atoms with E-state index < -0.39 is 0 Å². The number of ether oxygens (including phenoxy) is 1. The molecule has 0 fully saturated rings. The predicted molar refractivity (Wildman–Crippen MR) is 38.9 cm³/mol. The summed E-state index contributed by atoms with van der Waals surface area (Å²) < 4.78 is 4.60. The van der Waals surface area contributed by atoms with Crippen LogP contribution in [0.5, 0.6) is 0 Å². The van der Waals surface area contributed by atoms with Crippen molar-refractivity contribution in [3.63, 3.8) is 0 Å². The lowest BCUT2D eigenvalue weighted by molar-refractivity contribution is -0.146.